The van der Waals surface area contributed by atoms with E-state index >= 15 is 0 Å². The zero-order valence-electron chi connectivity index (χ0n) is 8.47. The van der Waals surface area contributed by atoms with Gasteiger partial charge in [0, 0.05) is 22.5 Å². The van der Waals surface area contributed by atoms with Gasteiger partial charge in [0.15, 0.2) is 0 Å². The Morgan fingerprint density at radius 3 is 2.71 bits per heavy atom. The molecule has 0 fully saturated rings. The van der Waals surface area contributed by atoms with Crippen molar-refractivity contribution in [2.24, 2.45) is 0 Å². The third-order valence-corrected chi connectivity index (χ3v) is 3.79. The minimum atomic E-state index is -0.0866. The number of alkyl halides is 1. The van der Waals surface area contributed by atoms with Crippen LogP contribution in [0.5, 0.6) is 5.88 Å². The molecular weight excluding hydrogens is 265 g/mol. The van der Waals surface area contributed by atoms with Crippen LogP contribution >= 0.6 is 27.5 Å². The van der Waals surface area contributed by atoms with Crippen LogP contribution in [0.3, 0.4) is 0 Å². The lowest BCUT2D eigenvalue weighted by Gasteiger charge is -2.24. The molecule has 0 aliphatic carbocycles. The van der Waals surface area contributed by atoms with Crippen LogP contribution in [0.15, 0.2) is 12.3 Å². The quantitative estimate of drug-likeness (QED) is 0.791. The molecule has 78 valence electrons. The van der Waals surface area contributed by atoms with Crippen molar-refractivity contribution >= 4 is 27.5 Å². The molecule has 0 atom stereocenters. The predicted octanol–water partition coefficient (Wildman–Crippen LogP) is 3.42. The molecule has 0 spiro atoms. The van der Waals surface area contributed by atoms with Crippen molar-refractivity contribution in [3.63, 3.8) is 0 Å². The molecule has 2 nitrogen and oxygen atoms in total. The molecule has 0 aliphatic heterocycles. The molecule has 1 rings (SSSR count). The highest BCUT2D eigenvalue weighted by atomic mass is 79.9. The van der Waals surface area contributed by atoms with Gasteiger partial charge in [-0.3, -0.25) is 0 Å². The van der Waals surface area contributed by atoms with Gasteiger partial charge in [0.2, 0.25) is 5.88 Å². The van der Waals surface area contributed by atoms with Gasteiger partial charge in [-0.25, -0.2) is 4.98 Å². The van der Waals surface area contributed by atoms with Crippen LogP contribution in [-0.2, 0) is 5.41 Å². The standard InChI is InChI=1S/C10H13BrClNO/c1-10(2,6-11)8-7(12)4-5-13-9(8)14-3/h4-5H,6H2,1-3H3. The number of hydrogen-bond donors (Lipinski definition) is 0. The summed E-state index contributed by atoms with van der Waals surface area (Å²) in [5, 5.41) is 1.50. The first kappa shape index (κ1) is 11.8. The highest BCUT2D eigenvalue weighted by molar-refractivity contribution is 9.09. The first-order valence-corrected chi connectivity index (χ1v) is 5.78. The van der Waals surface area contributed by atoms with Crippen LogP contribution in [0.1, 0.15) is 19.4 Å². The topological polar surface area (TPSA) is 22.1 Å². The predicted molar refractivity (Wildman–Crippen MR) is 62.6 cm³/mol. The van der Waals surface area contributed by atoms with E-state index in [1.165, 1.54) is 0 Å². The smallest absolute Gasteiger partial charge is 0.218 e. The van der Waals surface area contributed by atoms with Crippen molar-refractivity contribution in [3.05, 3.63) is 22.8 Å². The monoisotopic (exact) mass is 277 g/mol. The molecule has 0 radical (unpaired) electrons. The highest BCUT2D eigenvalue weighted by Crippen LogP contribution is 2.36. The Kier molecular flexibility index (Phi) is 3.78. The lowest BCUT2D eigenvalue weighted by Crippen LogP contribution is -2.21. The van der Waals surface area contributed by atoms with Gasteiger partial charge < -0.3 is 4.74 Å². The van der Waals surface area contributed by atoms with Crippen molar-refractivity contribution in [2.45, 2.75) is 19.3 Å². The largest absolute Gasteiger partial charge is 0.481 e. The van der Waals surface area contributed by atoms with Crippen molar-refractivity contribution < 1.29 is 4.74 Å². The Morgan fingerprint density at radius 2 is 2.21 bits per heavy atom. The minimum Gasteiger partial charge on any atom is -0.481 e. The molecule has 1 aromatic heterocycles. The first-order valence-electron chi connectivity index (χ1n) is 4.28. The fourth-order valence-electron chi connectivity index (χ4n) is 1.25. The molecule has 4 heteroatoms. The SMILES string of the molecule is COc1nccc(Cl)c1C(C)(C)CBr. The van der Waals surface area contributed by atoms with Crippen molar-refractivity contribution in [1.29, 1.82) is 0 Å². The summed E-state index contributed by atoms with van der Waals surface area (Å²) in [7, 11) is 1.60. The van der Waals surface area contributed by atoms with E-state index in [0.717, 1.165) is 10.9 Å². The van der Waals surface area contributed by atoms with E-state index in [2.05, 4.69) is 34.8 Å². The number of nitrogens with zero attached hydrogens (tertiary/aromatic N) is 1. The molecule has 1 heterocycles. The third-order valence-electron chi connectivity index (χ3n) is 2.07. The van der Waals surface area contributed by atoms with Gasteiger partial charge in [-0.15, -0.1) is 0 Å². The van der Waals surface area contributed by atoms with Gasteiger partial charge in [0.25, 0.3) is 0 Å². The van der Waals surface area contributed by atoms with E-state index in [1.807, 2.05) is 0 Å². The maximum atomic E-state index is 6.13. The fourth-order valence-corrected chi connectivity index (χ4v) is 1.93. The molecule has 0 saturated heterocycles. The van der Waals surface area contributed by atoms with Crippen LogP contribution in [0.25, 0.3) is 0 Å². The average Bonchev–Trinajstić information content (AvgIpc) is 2.17. The molecule has 0 saturated carbocycles. The van der Waals surface area contributed by atoms with Gasteiger partial charge >= 0.3 is 0 Å². The summed E-state index contributed by atoms with van der Waals surface area (Å²) in [6.45, 7) is 4.18. The zero-order chi connectivity index (χ0) is 10.8. The lowest BCUT2D eigenvalue weighted by molar-refractivity contribution is 0.382. The summed E-state index contributed by atoms with van der Waals surface area (Å²) in [5.74, 6) is 0.599. The molecule has 1 aromatic rings. The van der Waals surface area contributed by atoms with E-state index in [-0.39, 0.29) is 5.41 Å². The Hall–Kier alpha value is -0.280. The summed E-state index contributed by atoms with van der Waals surface area (Å²) < 4.78 is 5.20. The summed E-state index contributed by atoms with van der Waals surface area (Å²) >= 11 is 9.59. The van der Waals surface area contributed by atoms with Gasteiger partial charge in [0.1, 0.15) is 0 Å². The molecule has 14 heavy (non-hydrogen) atoms. The number of pyridine rings is 1. The van der Waals surface area contributed by atoms with Gasteiger partial charge in [0.05, 0.1) is 12.1 Å². The van der Waals surface area contributed by atoms with Gasteiger partial charge in [-0.2, -0.15) is 0 Å². The zero-order valence-corrected chi connectivity index (χ0v) is 10.8. The van der Waals surface area contributed by atoms with E-state index in [0.29, 0.717) is 10.9 Å². The molecule has 0 aromatic carbocycles. The Labute approximate surface area is 97.8 Å². The van der Waals surface area contributed by atoms with Crippen LogP contribution in [0.4, 0.5) is 0 Å². The van der Waals surface area contributed by atoms with Crippen LogP contribution in [0, 0.1) is 0 Å². The normalized spacial score (nSPS) is 11.5. The number of hydrogen-bond acceptors (Lipinski definition) is 2. The Bertz CT molecular complexity index is 328. The van der Waals surface area contributed by atoms with Crippen LogP contribution < -0.4 is 4.74 Å². The van der Waals surface area contributed by atoms with Gasteiger partial charge in [-0.1, -0.05) is 41.4 Å². The second-order valence-electron chi connectivity index (χ2n) is 3.69. The van der Waals surface area contributed by atoms with Crippen molar-refractivity contribution in [2.75, 3.05) is 12.4 Å². The average molecular weight is 279 g/mol. The Morgan fingerprint density at radius 1 is 1.57 bits per heavy atom. The number of ether oxygens (including phenoxy) is 1. The van der Waals surface area contributed by atoms with Crippen LogP contribution in [0.2, 0.25) is 5.02 Å². The van der Waals surface area contributed by atoms with Crippen molar-refractivity contribution in [1.82, 2.24) is 4.98 Å². The molecular formula is C10H13BrClNO. The molecule has 0 N–H and O–H groups in total. The van der Waals surface area contributed by atoms with E-state index < -0.39 is 0 Å². The van der Waals surface area contributed by atoms with E-state index in [4.69, 9.17) is 16.3 Å². The van der Waals surface area contributed by atoms with Gasteiger partial charge in [-0.05, 0) is 6.07 Å². The second kappa shape index (κ2) is 4.49. The first-order chi connectivity index (χ1) is 6.53. The fraction of sp³-hybridized carbons (Fsp3) is 0.500. The summed E-state index contributed by atoms with van der Waals surface area (Å²) in [4.78, 5) is 4.14. The maximum absolute atomic E-state index is 6.13. The molecule has 0 unspecified atom stereocenters. The lowest BCUT2D eigenvalue weighted by atomic mass is 9.87. The molecule has 0 aliphatic rings. The second-order valence-corrected chi connectivity index (χ2v) is 4.66. The minimum absolute atomic E-state index is 0.0866. The van der Waals surface area contributed by atoms with E-state index in [1.54, 1.807) is 19.4 Å². The maximum Gasteiger partial charge on any atom is 0.218 e. The summed E-state index contributed by atoms with van der Waals surface area (Å²) in [6.07, 6.45) is 1.65. The molecule has 0 amide bonds. The third kappa shape index (κ3) is 2.20. The highest BCUT2D eigenvalue weighted by Gasteiger charge is 2.26. The van der Waals surface area contributed by atoms with E-state index in [9.17, 15) is 0 Å². The van der Waals surface area contributed by atoms with Crippen molar-refractivity contribution in [3.8, 4) is 5.88 Å². The number of aromatic nitrogens is 1. The number of methoxy groups -OCH3 is 1. The summed E-state index contributed by atoms with van der Waals surface area (Å²) in [5.41, 5.74) is 0.859. The number of halogens is 2. The van der Waals surface area contributed by atoms with Crippen LogP contribution in [-0.4, -0.2) is 17.4 Å². The summed E-state index contributed by atoms with van der Waals surface area (Å²) in [6, 6.07) is 1.78. The molecule has 0 bridgehead atoms. The number of rotatable bonds is 3. The Balaban J connectivity index is 3.30.